The van der Waals surface area contributed by atoms with Crippen molar-refractivity contribution in [3.8, 4) is 0 Å². The van der Waals surface area contributed by atoms with Crippen molar-refractivity contribution in [2.24, 2.45) is 17.3 Å². The summed E-state index contributed by atoms with van der Waals surface area (Å²) >= 11 is 0. The van der Waals surface area contributed by atoms with Crippen molar-refractivity contribution in [1.82, 2.24) is 10.2 Å². The zero-order valence-corrected chi connectivity index (χ0v) is 23.6. The van der Waals surface area contributed by atoms with Gasteiger partial charge >= 0.3 is 5.91 Å². The number of nitrogens with one attached hydrogen (secondary N) is 1. The highest BCUT2D eigenvalue weighted by molar-refractivity contribution is 5.86. The first kappa shape index (κ1) is 27.5. The maximum atomic E-state index is 13.9. The maximum Gasteiger partial charge on any atom is 0.393 e. The molecule has 5 nitrogen and oxygen atoms in total. The highest BCUT2D eigenvalue weighted by atomic mass is 16.2. The highest BCUT2D eigenvalue weighted by Gasteiger charge is 2.52. The Morgan fingerprint density at radius 3 is 2.43 bits per heavy atom. The molecule has 1 heterocycles. The average molecular weight is 505 g/mol. The van der Waals surface area contributed by atoms with Crippen molar-refractivity contribution in [2.45, 2.75) is 91.3 Å². The Kier molecular flexibility index (Phi) is 8.23. The predicted molar refractivity (Wildman–Crippen MR) is 150 cm³/mol. The van der Waals surface area contributed by atoms with Crippen LogP contribution in [-0.4, -0.2) is 46.8 Å². The van der Waals surface area contributed by atoms with Gasteiger partial charge in [0.2, 0.25) is 5.91 Å². The van der Waals surface area contributed by atoms with Crippen LogP contribution in [0, 0.1) is 24.2 Å². The fourth-order valence-electron chi connectivity index (χ4n) is 6.35. The lowest BCUT2D eigenvalue weighted by atomic mass is 9.69. The number of hydrogen-bond acceptors (Lipinski definition) is 3. The minimum Gasteiger partial charge on any atom is -0.322 e. The molecule has 3 aliphatic rings. The van der Waals surface area contributed by atoms with Crippen LogP contribution < -0.4 is 5.32 Å². The third-order valence-electron chi connectivity index (χ3n) is 8.81. The maximum absolute atomic E-state index is 13.9. The summed E-state index contributed by atoms with van der Waals surface area (Å²) in [6.07, 6.45) is 12.9. The van der Waals surface area contributed by atoms with Gasteiger partial charge in [-0.05, 0) is 62.3 Å². The third-order valence-corrected chi connectivity index (χ3v) is 8.81. The van der Waals surface area contributed by atoms with E-state index >= 15 is 0 Å². The summed E-state index contributed by atoms with van der Waals surface area (Å²) in [7, 11) is 0. The largest absolute Gasteiger partial charge is 0.393 e. The molecule has 2 atom stereocenters. The third kappa shape index (κ3) is 5.98. The van der Waals surface area contributed by atoms with Gasteiger partial charge < -0.3 is 4.90 Å². The number of benzene rings is 1. The van der Waals surface area contributed by atoms with Gasteiger partial charge in [0.05, 0.1) is 5.66 Å². The summed E-state index contributed by atoms with van der Waals surface area (Å²) in [4.78, 5) is 28.6. The first-order valence-corrected chi connectivity index (χ1v) is 14.2. The van der Waals surface area contributed by atoms with Gasteiger partial charge in [0.1, 0.15) is 18.7 Å². The molecule has 1 N–H and O–H groups in total. The molecule has 0 radical (unpaired) electrons. The van der Waals surface area contributed by atoms with E-state index in [4.69, 9.17) is 0 Å². The number of hydrogen-bond donors (Lipinski definition) is 1. The second-order valence-corrected chi connectivity index (χ2v) is 12.5. The molecule has 1 spiro atoms. The Balaban J connectivity index is 1.47. The number of rotatable bonds is 7. The molecule has 2 unspecified atom stereocenters. The Morgan fingerprint density at radius 2 is 1.86 bits per heavy atom. The molecular weight excluding hydrogens is 458 g/mol. The van der Waals surface area contributed by atoms with E-state index in [9.17, 15) is 9.59 Å². The van der Waals surface area contributed by atoms with Gasteiger partial charge in [-0.15, -0.1) is 0 Å². The van der Waals surface area contributed by atoms with Gasteiger partial charge in [0, 0.05) is 13.0 Å². The van der Waals surface area contributed by atoms with E-state index in [1.54, 1.807) is 4.58 Å². The lowest BCUT2D eigenvalue weighted by molar-refractivity contribution is -0.444. The van der Waals surface area contributed by atoms with Gasteiger partial charge in [-0.1, -0.05) is 81.3 Å². The molecule has 2 aliphatic carbocycles. The van der Waals surface area contributed by atoms with E-state index in [1.165, 1.54) is 11.1 Å². The number of carbonyl (C=O) groups is 2. The topological polar surface area (TPSA) is 52.4 Å². The van der Waals surface area contributed by atoms with Crippen LogP contribution >= 0.6 is 0 Å². The van der Waals surface area contributed by atoms with Crippen molar-refractivity contribution in [2.75, 3.05) is 13.1 Å². The van der Waals surface area contributed by atoms with E-state index in [2.05, 4.69) is 88.0 Å². The highest BCUT2D eigenvalue weighted by Crippen LogP contribution is 2.46. The van der Waals surface area contributed by atoms with Gasteiger partial charge in [-0.2, -0.15) is 4.58 Å². The normalized spacial score (nSPS) is 28.0. The molecule has 1 aliphatic heterocycles. The summed E-state index contributed by atoms with van der Waals surface area (Å²) in [6.45, 7) is 16.4. The fraction of sp³-hybridized carbons (Fsp3) is 0.594. The van der Waals surface area contributed by atoms with Crippen molar-refractivity contribution in [3.63, 3.8) is 0 Å². The van der Waals surface area contributed by atoms with Crippen LogP contribution in [-0.2, 0) is 9.59 Å². The van der Waals surface area contributed by atoms with Gasteiger partial charge in [0.25, 0.3) is 0 Å². The Bertz CT molecular complexity index is 1070. The second kappa shape index (κ2) is 11.1. The standard InChI is InChI=1S/C32H46N3O2/c1-7-21-34(6)29(36)26-14-10-24(11-15-26)18-22-35-30(37)28(25-12-8-23(2)9-13-25)33-32(35)19-16-27(17-20-32)31(3,4)5/h8-14,26-28,33H,6-7,15-22H2,1-5H3/q+1. The molecule has 200 valence electrons. The van der Waals surface area contributed by atoms with Gasteiger partial charge in [0.15, 0.2) is 6.54 Å². The van der Waals surface area contributed by atoms with Crippen LogP contribution in [0.3, 0.4) is 0 Å². The van der Waals surface area contributed by atoms with Gasteiger partial charge in [-0.25, -0.2) is 4.79 Å². The molecule has 0 aromatic heterocycles. The number of carbonyl (C=O) groups excluding carboxylic acids is 2. The SMILES string of the molecule is C=[N+](CCC)C(=O)C1C=CC(CCN2C(=O)C(c3ccc(C)cc3)NC23CCC(C(C)(C)C)CC3)=CC1. The molecule has 5 heteroatoms. The number of aryl methyl sites for hydroxylation is 1. The molecule has 0 bridgehead atoms. The first-order chi connectivity index (χ1) is 17.5. The smallest absolute Gasteiger partial charge is 0.322 e. The van der Waals surface area contributed by atoms with Crippen molar-refractivity contribution < 1.29 is 14.2 Å². The number of nitrogens with zero attached hydrogens (tertiary/aromatic N) is 2. The summed E-state index contributed by atoms with van der Waals surface area (Å²) in [6, 6.07) is 8.09. The lowest BCUT2D eigenvalue weighted by Crippen LogP contribution is -2.55. The van der Waals surface area contributed by atoms with Crippen LogP contribution in [0.1, 0.15) is 89.8 Å². The van der Waals surface area contributed by atoms with Crippen LogP contribution in [0.2, 0.25) is 0 Å². The number of allylic oxidation sites excluding steroid dienone is 2. The van der Waals surface area contributed by atoms with Crippen LogP contribution in [0.5, 0.6) is 0 Å². The molecule has 1 aromatic carbocycles. The minimum absolute atomic E-state index is 0.0859. The van der Waals surface area contributed by atoms with Crippen molar-refractivity contribution >= 4 is 18.5 Å². The molecule has 1 saturated heterocycles. The summed E-state index contributed by atoms with van der Waals surface area (Å²) in [5.41, 5.74) is 3.48. The van der Waals surface area contributed by atoms with E-state index in [0.717, 1.165) is 44.1 Å². The Labute approximate surface area is 223 Å². The molecule has 1 aromatic rings. The average Bonchev–Trinajstić information content (AvgIpc) is 3.13. The van der Waals surface area contributed by atoms with E-state index in [-0.39, 0.29) is 34.9 Å². The molecule has 37 heavy (non-hydrogen) atoms. The summed E-state index contributed by atoms with van der Waals surface area (Å²) in [5.74, 6) is 0.823. The quantitative estimate of drug-likeness (QED) is 0.369. The minimum atomic E-state index is -0.286. The first-order valence-electron chi connectivity index (χ1n) is 14.2. The Hall–Kier alpha value is -2.53. The molecule has 4 rings (SSSR count). The molecule has 1 saturated carbocycles. The monoisotopic (exact) mass is 504 g/mol. The zero-order chi connectivity index (χ0) is 26.8. The summed E-state index contributed by atoms with van der Waals surface area (Å²) in [5, 5.41) is 3.83. The molecular formula is C32H46N3O2+. The molecule has 2 fully saturated rings. The van der Waals surface area contributed by atoms with Gasteiger partial charge in [-0.3, -0.25) is 10.1 Å². The summed E-state index contributed by atoms with van der Waals surface area (Å²) < 4.78 is 1.59. The predicted octanol–water partition coefficient (Wildman–Crippen LogP) is 5.94. The lowest BCUT2D eigenvalue weighted by Gasteiger charge is -2.46. The number of amides is 2. The van der Waals surface area contributed by atoms with E-state index < -0.39 is 0 Å². The van der Waals surface area contributed by atoms with Crippen LogP contribution in [0.25, 0.3) is 0 Å². The van der Waals surface area contributed by atoms with Crippen LogP contribution in [0.4, 0.5) is 0 Å². The van der Waals surface area contributed by atoms with E-state index in [1.807, 2.05) is 6.08 Å². The van der Waals surface area contributed by atoms with E-state index in [0.29, 0.717) is 25.4 Å². The van der Waals surface area contributed by atoms with Crippen LogP contribution in [0.15, 0.2) is 48.1 Å². The fourth-order valence-corrected chi connectivity index (χ4v) is 6.35. The second-order valence-electron chi connectivity index (χ2n) is 12.5. The van der Waals surface area contributed by atoms with Crippen molar-refractivity contribution in [1.29, 1.82) is 0 Å². The zero-order valence-electron chi connectivity index (χ0n) is 23.6. The van der Waals surface area contributed by atoms with Crippen molar-refractivity contribution in [3.05, 3.63) is 59.2 Å². The Morgan fingerprint density at radius 1 is 1.19 bits per heavy atom. The molecule has 2 amide bonds.